The molecular formula is C32H24FN7. The second-order valence-corrected chi connectivity index (χ2v) is 9.68. The largest absolute Gasteiger partial charge is 0.352 e. The first-order valence-corrected chi connectivity index (χ1v) is 13.0. The average Bonchev–Trinajstić information content (AvgIpc) is 3.62. The molecule has 0 radical (unpaired) electrons. The van der Waals surface area contributed by atoms with E-state index in [9.17, 15) is 4.39 Å². The molecule has 194 valence electrons. The Morgan fingerprint density at radius 3 is 2.50 bits per heavy atom. The van der Waals surface area contributed by atoms with Crippen LogP contribution in [-0.2, 0) is 13.1 Å². The lowest BCUT2D eigenvalue weighted by molar-refractivity contribution is 0.628. The summed E-state index contributed by atoms with van der Waals surface area (Å²) in [4.78, 5) is 17.2. The maximum atomic E-state index is 13.9. The third-order valence-electron chi connectivity index (χ3n) is 6.94. The molecule has 0 amide bonds. The van der Waals surface area contributed by atoms with E-state index in [-0.39, 0.29) is 5.82 Å². The summed E-state index contributed by atoms with van der Waals surface area (Å²) < 4.78 is 13.9. The molecule has 0 bridgehead atoms. The molecule has 0 aliphatic heterocycles. The fourth-order valence-corrected chi connectivity index (χ4v) is 4.98. The van der Waals surface area contributed by atoms with E-state index in [0.29, 0.717) is 12.2 Å². The van der Waals surface area contributed by atoms with Crippen LogP contribution in [0.5, 0.6) is 0 Å². The molecule has 0 saturated heterocycles. The number of rotatable bonds is 7. The lowest BCUT2D eigenvalue weighted by atomic mass is 10.0. The minimum atomic E-state index is -0.286. The highest BCUT2D eigenvalue weighted by atomic mass is 19.1. The van der Waals surface area contributed by atoms with Crippen LogP contribution in [-0.4, -0.2) is 30.1 Å². The predicted molar refractivity (Wildman–Crippen MR) is 155 cm³/mol. The van der Waals surface area contributed by atoms with Crippen molar-refractivity contribution in [1.82, 2.24) is 35.5 Å². The maximum Gasteiger partial charge on any atom is 0.135 e. The number of nitrogens with zero attached hydrogens (tertiary/aromatic N) is 4. The smallest absolute Gasteiger partial charge is 0.135 e. The Labute approximate surface area is 229 Å². The van der Waals surface area contributed by atoms with Crippen molar-refractivity contribution in [2.24, 2.45) is 0 Å². The molecule has 0 aliphatic rings. The highest BCUT2D eigenvalue weighted by Gasteiger charge is 2.16. The molecule has 0 fully saturated rings. The van der Waals surface area contributed by atoms with Gasteiger partial charge in [0, 0.05) is 48.2 Å². The topological polar surface area (TPSA) is 95.2 Å². The van der Waals surface area contributed by atoms with Crippen LogP contribution in [0.2, 0.25) is 0 Å². The Hall–Kier alpha value is -5.21. The van der Waals surface area contributed by atoms with E-state index < -0.39 is 0 Å². The van der Waals surface area contributed by atoms with Crippen LogP contribution in [0, 0.1) is 5.82 Å². The van der Waals surface area contributed by atoms with Gasteiger partial charge in [-0.15, -0.1) is 0 Å². The second-order valence-electron chi connectivity index (χ2n) is 9.68. The van der Waals surface area contributed by atoms with Gasteiger partial charge in [-0.3, -0.25) is 15.1 Å². The van der Waals surface area contributed by atoms with E-state index in [0.717, 1.165) is 62.1 Å². The van der Waals surface area contributed by atoms with Gasteiger partial charge in [-0.2, -0.15) is 5.10 Å². The van der Waals surface area contributed by atoms with Crippen molar-refractivity contribution in [3.05, 3.63) is 121 Å². The molecule has 7 rings (SSSR count). The number of nitrogens with one attached hydrogen (secondary N) is 3. The van der Waals surface area contributed by atoms with Gasteiger partial charge < -0.3 is 10.3 Å². The van der Waals surface area contributed by atoms with Gasteiger partial charge in [0.1, 0.15) is 17.0 Å². The summed E-state index contributed by atoms with van der Waals surface area (Å²) in [7, 11) is 0. The van der Waals surface area contributed by atoms with Crippen molar-refractivity contribution in [1.29, 1.82) is 0 Å². The predicted octanol–water partition coefficient (Wildman–Crippen LogP) is 6.66. The average molecular weight is 526 g/mol. The molecule has 2 aromatic carbocycles. The molecule has 0 aliphatic carbocycles. The zero-order chi connectivity index (χ0) is 26.9. The van der Waals surface area contributed by atoms with Gasteiger partial charge in [0.15, 0.2) is 0 Å². The van der Waals surface area contributed by atoms with Gasteiger partial charge in [0.25, 0.3) is 0 Å². The van der Waals surface area contributed by atoms with Crippen LogP contribution >= 0.6 is 0 Å². The standard InChI is InChI=1S/C32H24FN7/c33-24-8-4-7-22(12-24)26-18-36-19-30-25(26)13-29(37-30)32-31-28(39-40-32)10-9-27(38-31)23-11-21(16-35-17-23)15-34-14-20-5-2-1-3-6-20/h1-13,16-19,34,37H,14-15H2,(H,39,40). The Morgan fingerprint density at radius 2 is 1.60 bits per heavy atom. The lowest BCUT2D eigenvalue weighted by Gasteiger charge is -2.07. The van der Waals surface area contributed by atoms with Gasteiger partial charge in [-0.05, 0) is 53.1 Å². The van der Waals surface area contributed by atoms with Crippen molar-refractivity contribution >= 4 is 21.9 Å². The third kappa shape index (κ3) is 4.61. The Balaban J connectivity index is 1.20. The van der Waals surface area contributed by atoms with Crippen LogP contribution in [0.25, 0.3) is 55.7 Å². The van der Waals surface area contributed by atoms with Crippen LogP contribution in [0.4, 0.5) is 4.39 Å². The molecule has 3 N–H and O–H groups in total. The van der Waals surface area contributed by atoms with Crippen LogP contribution in [0.15, 0.2) is 104 Å². The Morgan fingerprint density at radius 1 is 0.725 bits per heavy atom. The number of H-pyrrole nitrogens is 2. The SMILES string of the molecule is Fc1cccc(-c2cncc3[nH]c(-c4n[nH]c5ccc(-c6cncc(CNCc7ccccc7)c6)nc45)cc23)c1. The first-order chi connectivity index (χ1) is 19.7. The number of benzene rings is 2. The third-order valence-corrected chi connectivity index (χ3v) is 6.94. The van der Waals surface area contributed by atoms with E-state index in [4.69, 9.17) is 4.98 Å². The van der Waals surface area contributed by atoms with Crippen molar-refractivity contribution in [2.75, 3.05) is 0 Å². The van der Waals surface area contributed by atoms with E-state index in [1.54, 1.807) is 18.5 Å². The molecule has 0 unspecified atom stereocenters. The summed E-state index contributed by atoms with van der Waals surface area (Å²) in [5.41, 5.74) is 9.58. The number of aromatic nitrogens is 6. The van der Waals surface area contributed by atoms with Crippen molar-refractivity contribution < 1.29 is 4.39 Å². The van der Waals surface area contributed by atoms with Gasteiger partial charge in [-0.1, -0.05) is 42.5 Å². The number of hydrogen-bond donors (Lipinski definition) is 3. The highest BCUT2D eigenvalue weighted by molar-refractivity contribution is 6.00. The zero-order valence-corrected chi connectivity index (χ0v) is 21.4. The summed E-state index contributed by atoms with van der Waals surface area (Å²) in [5.74, 6) is -0.286. The number of fused-ring (bicyclic) bond motifs is 2. The zero-order valence-electron chi connectivity index (χ0n) is 21.4. The molecule has 5 heterocycles. The first-order valence-electron chi connectivity index (χ1n) is 13.0. The van der Waals surface area contributed by atoms with Crippen molar-refractivity contribution in [3.63, 3.8) is 0 Å². The monoisotopic (exact) mass is 525 g/mol. The molecule has 5 aromatic heterocycles. The van der Waals surface area contributed by atoms with Gasteiger partial charge >= 0.3 is 0 Å². The number of pyridine rings is 3. The number of aromatic amines is 2. The Bertz CT molecular complexity index is 1960. The van der Waals surface area contributed by atoms with E-state index in [2.05, 4.69) is 48.7 Å². The quantitative estimate of drug-likeness (QED) is 0.216. The van der Waals surface area contributed by atoms with Crippen molar-refractivity contribution in [3.8, 4) is 33.8 Å². The fraction of sp³-hybridized carbons (Fsp3) is 0.0625. The second kappa shape index (κ2) is 10.2. The lowest BCUT2D eigenvalue weighted by Crippen LogP contribution is -2.12. The first kappa shape index (κ1) is 23.9. The van der Waals surface area contributed by atoms with Gasteiger partial charge in [0.05, 0.1) is 28.6 Å². The van der Waals surface area contributed by atoms with E-state index in [1.807, 2.05) is 54.9 Å². The molecule has 8 heteroatoms. The molecule has 0 saturated carbocycles. The van der Waals surface area contributed by atoms with Crippen molar-refractivity contribution in [2.45, 2.75) is 13.1 Å². The number of hydrogen-bond acceptors (Lipinski definition) is 5. The summed E-state index contributed by atoms with van der Waals surface area (Å²) in [5, 5.41) is 12.1. The fourth-order valence-electron chi connectivity index (χ4n) is 4.98. The van der Waals surface area contributed by atoms with Crippen LogP contribution in [0.1, 0.15) is 11.1 Å². The molecule has 0 atom stereocenters. The van der Waals surface area contributed by atoms with Gasteiger partial charge in [-0.25, -0.2) is 9.37 Å². The minimum absolute atomic E-state index is 0.286. The summed E-state index contributed by atoms with van der Waals surface area (Å²) in [6.07, 6.45) is 7.22. The van der Waals surface area contributed by atoms with E-state index in [1.165, 1.54) is 17.7 Å². The molecule has 40 heavy (non-hydrogen) atoms. The Kier molecular flexibility index (Phi) is 6.07. The summed E-state index contributed by atoms with van der Waals surface area (Å²) in [6, 6.07) is 24.9. The summed E-state index contributed by atoms with van der Waals surface area (Å²) >= 11 is 0. The molecular weight excluding hydrogens is 501 g/mol. The van der Waals surface area contributed by atoms with Crippen LogP contribution < -0.4 is 5.32 Å². The van der Waals surface area contributed by atoms with E-state index >= 15 is 0 Å². The minimum Gasteiger partial charge on any atom is -0.352 e. The maximum absolute atomic E-state index is 13.9. The van der Waals surface area contributed by atoms with Gasteiger partial charge in [0.2, 0.25) is 0 Å². The molecule has 7 aromatic rings. The molecule has 7 nitrogen and oxygen atoms in total. The highest BCUT2D eigenvalue weighted by Crippen LogP contribution is 2.33. The normalized spacial score (nSPS) is 11.4. The van der Waals surface area contributed by atoms with Crippen LogP contribution in [0.3, 0.4) is 0 Å². The summed E-state index contributed by atoms with van der Waals surface area (Å²) in [6.45, 7) is 1.49. The number of halogens is 1. The molecule has 0 spiro atoms.